The topological polar surface area (TPSA) is 55.6 Å². The van der Waals surface area contributed by atoms with Gasteiger partial charge < -0.3 is 10.5 Å². The molecule has 0 heterocycles. The summed E-state index contributed by atoms with van der Waals surface area (Å²) in [7, 11) is 0. The van der Waals surface area contributed by atoms with E-state index in [1.165, 1.54) is 6.42 Å². The van der Waals surface area contributed by atoms with Crippen molar-refractivity contribution in [2.24, 2.45) is 22.5 Å². The van der Waals surface area contributed by atoms with Gasteiger partial charge in [-0.25, -0.2) is 0 Å². The number of nitrogens with zero attached hydrogens (tertiary/aromatic N) is 1. The van der Waals surface area contributed by atoms with Crippen LogP contribution in [0.25, 0.3) is 0 Å². The molecule has 0 aromatic heterocycles. The lowest BCUT2D eigenvalue weighted by Crippen LogP contribution is -2.70. The summed E-state index contributed by atoms with van der Waals surface area (Å²) < 4.78 is 5.31. The Balaban J connectivity index is 2.52. The number of fused-ring (bicyclic) bond motifs is 2. The van der Waals surface area contributed by atoms with Crippen molar-refractivity contribution in [3.05, 3.63) is 0 Å². The van der Waals surface area contributed by atoms with Gasteiger partial charge in [0.05, 0.1) is 12.1 Å². The molecule has 0 amide bonds. The molecule has 2 rings (SSSR count). The van der Waals surface area contributed by atoms with Gasteiger partial charge in [0, 0.05) is 0 Å². The Labute approximate surface area is 135 Å². The van der Waals surface area contributed by atoms with Gasteiger partial charge in [-0.05, 0) is 56.0 Å². The number of carbonyl (C=O) groups excluding carboxylic acids is 1. The Kier molecular flexibility index (Phi) is 4.67. The van der Waals surface area contributed by atoms with Crippen molar-refractivity contribution in [2.75, 3.05) is 19.7 Å². The summed E-state index contributed by atoms with van der Waals surface area (Å²) in [6.07, 6.45) is 3.41. The summed E-state index contributed by atoms with van der Waals surface area (Å²) in [6, 6.07) is -0.568. The normalized spacial score (nSPS) is 37.5. The van der Waals surface area contributed by atoms with Crippen molar-refractivity contribution in [1.29, 1.82) is 0 Å². The van der Waals surface area contributed by atoms with Crippen molar-refractivity contribution in [3.8, 4) is 0 Å². The van der Waals surface area contributed by atoms with Crippen LogP contribution >= 0.6 is 0 Å². The van der Waals surface area contributed by atoms with Crippen molar-refractivity contribution in [2.45, 2.75) is 72.4 Å². The number of likely N-dealkylation sites (N-methyl/N-ethyl adjacent to an activating group) is 1. The van der Waals surface area contributed by atoms with E-state index >= 15 is 0 Å². The Hall–Kier alpha value is -0.610. The number of hydrogen-bond acceptors (Lipinski definition) is 4. The van der Waals surface area contributed by atoms with Gasteiger partial charge in [0.1, 0.15) is 6.04 Å². The average molecular weight is 310 g/mol. The predicted octanol–water partition coefficient (Wildman–Crippen LogP) is 2.80. The van der Waals surface area contributed by atoms with Crippen molar-refractivity contribution in [1.82, 2.24) is 4.90 Å². The molecule has 2 aliphatic carbocycles. The molecular formula is C18H34N2O2. The van der Waals surface area contributed by atoms with Crippen molar-refractivity contribution in [3.63, 3.8) is 0 Å². The summed E-state index contributed by atoms with van der Waals surface area (Å²) in [6.45, 7) is 15.5. The van der Waals surface area contributed by atoms with Crippen LogP contribution < -0.4 is 5.73 Å². The Bertz CT molecular complexity index is 433. The maximum absolute atomic E-state index is 12.5. The maximum atomic E-state index is 12.5. The van der Waals surface area contributed by atoms with E-state index in [-0.39, 0.29) is 22.3 Å². The monoisotopic (exact) mass is 310 g/mol. The van der Waals surface area contributed by atoms with Gasteiger partial charge in [-0.15, -0.1) is 0 Å². The predicted molar refractivity (Wildman–Crippen MR) is 89.5 cm³/mol. The number of nitrogens with two attached hydrogens (primary N) is 1. The minimum Gasteiger partial charge on any atom is -0.465 e. The van der Waals surface area contributed by atoms with Crippen LogP contribution in [0.2, 0.25) is 0 Å². The minimum atomic E-state index is -0.568. The van der Waals surface area contributed by atoms with Gasteiger partial charge in [-0.2, -0.15) is 0 Å². The van der Waals surface area contributed by atoms with E-state index in [1.54, 1.807) is 0 Å². The van der Waals surface area contributed by atoms with Crippen LogP contribution in [0.3, 0.4) is 0 Å². The molecule has 0 aromatic carbocycles. The van der Waals surface area contributed by atoms with Gasteiger partial charge in [-0.1, -0.05) is 34.6 Å². The third-order valence-electron chi connectivity index (χ3n) is 7.33. The molecule has 0 spiro atoms. The first-order valence-corrected chi connectivity index (χ1v) is 8.90. The highest BCUT2D eigenvalue weighted by molar-refractivity contribution is 5.78. The van der Waals surface area contributed by atoms with Crippen LogP contribution in [-0.4, -0.2) is 42.1 Å². The fourth-order valence-electron chi connectivity index (χ4n) is 5.69. The van der Waals surface area contributed by atoms with Crippen LogP contribution in [0.1, 0.15) is 60.8 Å². The van der Waals surface area contributed by atoms with E-state index in [2.05, 4.69) is 39.5 Å². The SMILES string of the molecule is CCOC(=O)[C@H](N)[C@]1(N(CC)CC)C[C@H]2CC[C@@]1(C)C2(C)C. The highest BCUT2D eigenvalue weighted by atomic mass is 16.5. The molecule has 0 aromatic rings. The average Bonchev–Trinajstić information content (AvgIpc) is 2.80. The standard InChI is InChI=1S/C18H34N2O2/c1-7-20(8-2)18(14(19)15(21)22-9-3)12-13-10-11-17(18,6)16(13,4)5/h13-14H,7-12,19H2,1-6H3/t13-,14+,17+,18-/m1/s1. The molecule has 2 saturated carbocycles. The van der Waals surface area contributed by atoms with E-state index in [4.69, 9.17) is 10.5 Å². The summed E-state index contributed by atoms with van der Waals surface area (Å²) in [4.78, 5) is 15.0. The molecule has 22 heavy (non-hydrogen) atoms. The fraction of sp³-hybridized carbons (Fsp3) is 0.944. The van der Waals surface area contributed by atoms with E-state index in [0.717, 1.165) is 25.9 Å². The second-order valence-electron chi connectivity index (χ2n) is 7.82. The number of rotatable bonds is 6. The quantitative estimate of drug-likeness (QED) is 0.767. The first kappa shape index (κ1) is 17.7. The largest absolute Gasteiger partial charge is 0.465 e. The number of hydrogen-bond donors (Lipinski definition) is 1. The second-order valence-corrected chi connectivity index (χ2v) is 7.82. The van der Waals surface area contributed by atoms with Crippen LogP contribution in [-0.2, 0) is 9.53 Å². The van der Waals surface area contributed by atoms with E-state index in [0.29, 0.717) is 12.5 Å². The smallest absolute Gasteiger partial charge is 0.324 e. The third kappa shape index (κ3) is 1.99. The van der Waals surface area contributed by atoms with Gasteiger partial charge in [0.15, 0.2) is 0 Å². The fourth-order valence-corrected chi connectivity index (χ4v) is 5.69. The molecule has 0 aliphatic heterocycles. The molecular weight excluding hydrogens is 276 g/mol. The molecule has 0 saturated heterocycles. The van der Waals surface area contributed by atoms with E-state index < -0.39 is 6.04 Å². The minimum absolute atomic E-state index is 0.0445. The molecule has 0 unspecified atom stereocenters. The zero-order valence-corrected chi connectivity index (χ0v) is 15.2. The molecule has 2 fully saturated rings. The molecule has 2 aliphatic rings. The third-order valence-corrected chi connectivity index (χ3v) is 7.33. The lowest BCUT2D eigenvalue weighted by Gasteiger charge is -2.56. The lowest BCUT2D eigenvalue weighted by molar-refractivity contribution is -0.155. The van der Waals surface area contributed by atoms with Crippen molar-refractivity contribution < 1.29 is 9.53 Å². The Morgan fingerprint density at radius 2 is 1.86 bits per heavy atom. The molecule has 4 atom stereocenters. The summed E-state index contributed by atoms with van der Waals surface area (Å²) in [5.74, 6) is 0.401. The zero-order valence-electron chi connectivity index (χ0n) is 15.2. The maximum Gasteiger partial charge on any atom is 0.324 e. The second kappa shape index (κ2) is 5.79. The molecule has 2 N–H and O–H groups in total. The van der Waals surface area contributed by atoms with Crippen LogP contribution in [0.15, 0.2) is 0 Å². The van der Waals surface area contributed by atoms with Crippen LogP contribution in [0.4, 0.5) is 0 Å². The van der Waals surface area contributed by atoms with Gasteiger partial charge in [0.25, 0.3) is 0 Å². The molecule has 2 bridgehead atoms. The van der Waals surface area contributed by atoms with Crippen molar-refractivity contribution >= 4 is 5.97 Å². The molecule has 0 radical (unpaired) electrons. The first-order chi connectivity index (χ1) is 10.2. The van der Waals surface area contributed by atoms with Crippen LogP contribution in [0, 0.1) is 16.7 Å². The van der Waals surface area contributed by atoms with E-state index in [1.807, 2.05) is 6.92 Å². The Morgan fingerprint density at radius 3 is 2.23 bits per heavy atom. The van der Waals surface area contributed by atoms with Crippen LogP contribution in [0.5, 0.6) is 0 Å². The first-order valence-electron chi connectivity index (χ1n) is 8.90. The number of ether oxygens (including phenoxy) is 1. The molecule has 128 valence electrons. The highest BCUT2D eigenvalue weighted by Gasteiger charge is 2.72. The molecule has 4 heteroatoms. The lowest BCUT2D eigenvalue weighted by atomic mass is 9.59. The van der Waals surface area contributed by atoms with E-state index in [9.17, 15) is 4.79 Å². The summed E-state index contributed by atoms with van der Waals surface area (Å²) in [5, 5.41) is 0. The number of esters is 1. The summed E-state index contributed by atoms with van der Waals surface area (Å²) >= 11 is 0. The zero-order chi connectivity index (χ0) is 16.8. The molecule has 4 nitrogen and oxygen atoms in total. The number of carbonyl (C=O) groups is 1. The Morgan fingerprint density at radius 1 is 1.27 bits per heavy atom. The van der Waals surface area contributed by atoms with Gasteiger partial charge >= 0.3 is 5.97 Å². The van der Waals surface area contributed by atoms with Gasteiger partial charge in [0.2, 0.25) is 0 Å². The van der Waals surface area contributed by atoms with Gasteiger partial charge in [-0.3, -0.25) is 9.69 Å². The summed E-state index contributed by atoms with van der Waals surface area (Å²) in [5.41, 5.74) is 6.54. The highest BCUT2D eigenvalue weighted by Crippen LogP contribution is 2.71.